The van der Waals surface area contributed by atoms with Crippen LogP contribution in [0.15, 0.2) is 22.7 Å². The van der Waals surface area contributed by atoms with Gasteiger partial charge >= 0.3 is 0 Å². The number of nitrogens with zero attached hydrogens (tertiary/aromatic N) is 1. The summed E-state index contributed by atoms with van der Waals surface area (Å²) in [6, 6.07) is 5.19. The Balaban J connectivity index is 2.55. The third kappa shape index (κ3) is 5.87. The van der Waals surface area contributed by atoms with Crippen LogP contribution in [0.4, 0.5) is 11.4 Å². The van der Waals surface area contributed by atoms with E-state index < -0.39 is 0 Å². The van der Waals surface area contributed by atoms with Gasteiger partial charge in [0.25, 0.3) is 0 Å². The Morgan fingerprint density at radius 2 is 2.25 bits per heavy atom. The van der Waals surface area contributed by atoms with Crippen molar-refractivity contribution < 1.29 is 14.6 Å². The number of halogens is 1. The molecule has 0 aliphatic carbocycles. The van der Waals surface area contributed by atoms with E-state index in [0.717, 1.165) is 4.47 Å². The molecule has 0 aliphatic rings. The van der Waals surface area contributed by atoms with Crippen LogP contribution in [0.3, 0.4) is 0 Å². The molecule has 0 bridgehead atoms. The van der Waals surface area contributed by atoms with Gasteiger partial charge in [-0.25, -0.2) is 0 Å². The van der Waals surface area contributed by atoms with Crippen LogP contribution < -0.4 is 11.1 Å². The highest BCUT2D eigenvalue weighted by atomic mass is 79.9. The van der Waals surface area contributed by atoms with Crippen molar-refractivity contribution in [3.8, 4) is 0 Å². The topological polar surface area (TPSA) is 87.8 Å². The van der Waals surface area contributed by atoms with Crippen molar-refractivity contribution in [1.29, 1.82) is 0 Å². The zero-order valence-corrected chi connectivity index (χ0v) is 13.0. The Bertz CT molecular complexity index is 443. The maximum Gasteiger partial charge on any atom is 0.238 e. The van der Waals surface area contributed by atoms with Gasteiger partial charge in [0, 0.05) is 30.4 Å². The Labute approximate surface area is 127 Å². The molecule has 1 amide bonds. The number of rotatable bonds is 8. The summed E-state index contributed by atoms with van der Waals surface area (Å²) < 4.78 is 5.71. The van der Waals surface area contributed by atoms with Crippen LogP contribution in [-0.4, -0.2) is 55.9 Å². The van der Waals surface area contributed by atoms with E-state index >= 15 is 0 Å². The van der Waals surface area contributed by atoms with Gasteiger partial charge in [-0.05, 0) is 34.1 Å². The van der Waals surface area contributed by atoms with Crippen LogP contribution in [0, 0.1) is 0 Å². The molecule has 7 heteroatoms. The van der Waals surface area contributed by atoms with Crippen LogP contribution in [-0.2, 0) is 9.53 Å². The third-order valence-corrected chi connectivity index (χ3v) is 3.32. The first kappa shape index (κ1) is 16.9. The number of aliphatic hydroxyl groups is 1. The molecule has 0 fully saturated rings. The summed E-state index contributed by atoms with van der Waals surface area (Å²) in [5, 5.41) is 11.8. The minimum atomic E-state index is -0.153. The fourth-order valence-corrected chi connectivity index (χ4v) is 2.15. The fourth-order valence-electron chi connectivity index (χ4n) is 1.66. The van der Waals surface area contributed by atoms with Crippen molar-refractivity contribution in [1.82, 2.24) is 4.90 Å². The fraction of sp³-hybridized carbons (Fsp3) is 0.462. The molecule has 0 aliphatic heterocycles. The number of methoxy groups -OCH3 is 1. The van der Waals surface area contributed by atoms with Gasteiger partial charge < -0.3 is 20.9 Å². The largest absolute Gasteiger partial charge is 0.399 e. The zero-order valence-electron chi connectivity index (χ0n) is 11.4. The van der Waals surface area contributed by atoms with E-state index in [-0.39, 0.29) is 19.1 Å². The summed E-state index contributed by atoms with van der Waals surface area (Å²) in [6.45, 7) is 1.73. The molecule has 0 heterocycles. The highest BCUT2D eigenvalue weighted by Gasteiger charge is 2.11. The highest BCUT2D eigenvalue weighted by molar-refractivity contribution is 9.10. The van der Waals surface area contributed by atoms with E-state index in [2.05, 4.69) is 21.2 Å². The number of hydrogen-bond acceptors (Lipinski definition) is 5. The smallest absolute Gasteiger partial charge is 0.238 e. The van der Waals surface area contributed by atoms with Crippen molar-refractivity contribution in [2.45, 2.75) is 0 Å². The number of nitrogens with one attached hydrogen (secondary N) is 1. The summed E-state index contributed by atoms with van der Waals surface area (Å²) in [5.41, 5.74) is 6.93. The van der Waals surface area contributed by atoms with E-state index in [9.17, 15) is 4.79 Å². The van der Waals surface area contributed by atoms with Gasteiger partial charge in [0.2, 0.25) is 5.91 Å². The number of ether oxygens (including phenoxy) is 1. The lowest BCUT2D eigenvalue weighted by molar-refractivity contribution is -0.117. The molecule has 0 atom stereocenters. The van der Waals surface area contributed by atoms with Crippen molar-refractivity contribution in [2.24, 2.45) is 0 Å². The second-order valence-electron chi connectivity index (χ2n) is 4.28. The highest BCUT2D eigenvalue weighted by Crippen LogP contribution is 2.24. The lowest BCUT2D eigenvalue weighted by Gasteiger charge is -2.20. The second-order valence-corrected chi connectivity index (χ2v) is 5.13. The summed E-state index contributed by atoms with van der Waals surface area (Å²) >= 11 is 3.35. The van der Waals surface area contributed by atoms with E-state index in [1.165, 1.54) is 0 Å². The molecule has 0 radical (unpaired) electrons. The lowest BCUT2D eigenvalue weighted by atomic mass is 10.3. The molecule has 6 nitrogen and oxygen atoms in total. The molecule has 4 N–H and O–H groups in total. The Kier molecular flexibility index (Phi) is 7.53. The summed E-state index contributed by atoms with van der Waals surface area (Å²) in [4.78, 5) is 13.8. The van der Waals surface area contributed by atoms with Gasteiger partial charge in [-0.1, -0.05) is 0 Å². The lowest BCUT2D eigenvalue weighted by Crippen LogP contribution is -2.37. The number of amides is 1. The molecule has 0 aromatic heterocycles. The molecule has 112 valence electrons. The van der Waals surface area contributed by atoms with Crippen LogP contribution >= 0.6 is 15.9 Å². The van der Waals surface area contributed by atoms with Crippen LogP contribution in [0.25, 0.3) is 0 Å². The van der Waals surface area contributed by atoms with E-state index in [1.807, 2.05) is 4.90 Å². The minimum absolute atomic E-state index is 0.00254. The normalized spacial score (nSPS) is 10.8. The molecule has 0 unspecified atom stereocenters. The summed E-state index contributed by atoms with van der Waals surface area (Å²) in [5.74, 6) is -0.153. The van der Waals surface area contributed by atoms with Crippen molar-refractivity contribution in [3.05, 3.63) is 22.7 Å². The number of carbonyl (C=O) groups is 1. The first-order chi connectivity index (χ1) is 9.56. The van der Waals surface area contributed by atoms with Gasteiger partial charge in [0.05, 0.1) is 25.4 Å². The molecule has 20 heavy (non-hydrogen) atoms. The van der Waals surface area contributed by atoms with Crippen molar-refractivity contribution in [2.75, 3.05) is 51.0 Å². The maximum atomic E-state index is 12.0. The van der Waals surface area contributed by atoms with Crippen LogP contribution in [0.1, 0.15) is 0 Å². The Morgan fingerprint density at radius 1 is 1.50 bits per heavy atom. The molecular formula is C13H20BrN3O3. The molecular weight excluding hydrogens is 326 g/mol. The van der Waals surface area contributed by atoms with E-state index in [1.54, 1.807) is 25.3 Å². The molecule has 0 spiro atoms. The standard InChI is InChI=1S/C13H20BrN3O3/c1-20-7-5-17(4-6-18)9-13(19)16-12-3-2-10(15)8-11(12)14/h2-3,8,18H,4-7,9,15H2,1H3,(H,16,19). The predicted octanol–water partition coefficient (Wildman–Crippen LogP) is 0.911. The number of nitrogens with two attached hydrogens (primary N) is 1. The van der Waals surface area contributed by atoms with Crippen molar-refractivity contribution in [3.63, 3.8) is 0 Å². The average molecular weight is 346 g/mol. The Hall–Kier alpha value is -1.15. The number of aliphatic hydroxyl groups excluding tert-OH is 1. The average Bonchev–Trinajstić information content (AvgIpc) is 2.39. The predicted molar refractivity (Wildman–Crippen MR) is 82.6 cm³/mol. The first-order valence-electron chi connectivity index (χ1n) is 6.24. The molecule has 1 aromatic carbocycles. The number of carbonyl (C=O) groups excluding carboxylic acids is 1. The SMILES string of the molecule is COCCN(CCO)CC(=O)Nc1ccc(N)cc1Br. The van der Waals surface area contributed by atoms with Crippen LogP contribution in [0.5, 0.6) is 0 Å². The molecule has 1 aromatic rings. The van der Waals surface area contributed by atoms with E-state index in [4.69, 9.17) is 15.6 Å². The molecule has 1 rings (SSSR count). The van der Waals surface area contributed by atoms with Gasteiger partial charge in [0.15, 0.2) is 0 Å². The summed E-state index contributed by atoms with van der Waals surface area (Å²) in [7, 11) is 1.60. The van der Waals surface area contributed by atoms with Gasteiger partial charge in [-0.3, -0.25) is 9.69 Å². The van der Waals surface area contributed by atoms with Gasteiger partial charge in [0.1, 0.15) is 0 Å². The second kappa shape index (κ2) is 8.91. The summed E-state index contributed by atoms with van der Waals surface area (Å²) in [6.07, 6.45) is 0. The Morgan fingerprint density at radius 3 is 2.85 bits per heavy atom. The monoisotopic (exact) mass is 345 g/mol. The van der Waals surface area contributed by atoms with Crippen LogP contribution in [0.2, 0.25) is 0 Å². The van der Waals surface area contributed by atoms with Crippen molar-refractivity contribution >= 4 is 33.2 Å². The van der Waals surface area contributed by atoms with E-state index in [0.29, 0.717) is 31.1 Å². The number of hydrogen-bond donors (Lipinski definition) is 3. The third-order valence-electron chi connectivity index (χ3n) is 2.66. The molecule has 0 saturated carbocycles. The van der Waals surface area contributed by atoms with Gasteiger partial charge in [-0.15, -0.1) is 0 Å². The zero-order chi connectivity index (χ0) is 15.0. The quantitative estimate of drug-likeness (QED) is 0.609. The minimum Gasteiger partial charge on any atom is -0.399 e. The first-order valence-corrected chi connectivity index (χ1v) is 7.03. The number of benzene rings is 1. The number of anilines is 2. The molecule has 0 saturated heterocycles. The van der Waals surface area contributed by atoms with Gasteiger partial charge in [-0.2, -0.15) is 0 Å². The maximum absolute atomic E-state index is 12.0. The number of nitrogen functional groups attached to an aromatic ring is 1.